The van der Waals surface area contributed by atoms with Crippen molar-refractivity contribution in [1.29, 1.82) is 0 Å². The van der Waals surface area contributed by atoms with Crippen molar-refractivity contribution >= 4 is 17.5 Å². The van der Waals surface area contributed by atoms with Gasteiger partial charge < -0.3 is 10.1 Å². The summed E-state index contributed by atoms with van der Waals surface area (Å²) < 4.78 is 44.5. The van der Waals surface area contributed by atoms with E-state index in [0.29, 0.717) is 13.2 Å². The number of carbonyl (C=O) groups excluding carboxylic acids is 1. The number of alkyl halides is 3. The van der Waals surface area contributed by atoms with Crippen LogP contribution in [0.3, 0.4) is 0 Å². The molecule has 2 rings (SSSR count). The molecule has 1 aromatic rings. The van der Waals surface area contributed by atoms with E-state index in [2.05, 4.69) is 10.4 Å². The molecule has 5 nitrogen and oxygen atoms in total. The minimum absolute atomic E-state index is 0.0293. The average molecular weight is 340 g/mol. The maximum absolute atomic E-state index is 12.7. The molecule has 0 saturated carbocycles. The standard InChI is InChI=1S/C13H17ClF3N3O2/c1-8-11(14)12(13(15,16)17)19-20(8)5-4-10(21)18-7-9-3-2-6-22-9/h9H,2-7H2,1H3,(H,18,21). The molecule has 1 fully saturated rings. The molecule has 1 N–H and O–H groups in total. The van der Waals surface area contributed by atoms with E-state index in [-0.39, 0.29) is 30.7 Å². The molecule has 1 amide bonds. The molecule has 1 atom stereocenters. The van der Waals surface area contributed by atoms with Gasteiger partial charge in [0.25, 0.3) is 0 Å². The Morgan fingerprint density at radius 3 is 2.82 bits per heavy atom. The number of rotatable bonds is 5. The van der Waals surface area contributed by atoms with Crippen LogP contribution >= 0.6 is 11.6 Å². The minimum Gasteiger partial charge on any atom is -0.376 e. The summed E-state index contributed by atoms with van der Waals surface area (Å²) in [6.07, 6.45) is -2.66. The topological polar surface area (TPSA) is 56.2 Å². The molecule has 124 valence electrons. The summed E-state index contributed by atoms with van der Waals surface area (Å²) in [6.45, 7) is 2.60. The van der Waals surface area contributed by atoms with Gasteiger partial charge in [0.1, 0.15) is 0 Å². The highest BCUT2D eigenvalue weighted by Crippen LogP contribution is 2.35. The van der Waals surface area contributed by atoms with Gasteiger partial charge >= 0.3 is 6.18 Å². The van der Waals surface area contributed by atoms with Crippen LogP contribution in [0.15, 0.2) is 0 Å². The zero-order valence-corrected chi connectivity index (χ0v) is 12.8. The highest BCUT2D eigenvalue weighted by atomic mass is 35.5. The number of carbonyl (C=O) groups is 1. The van der Waals surface area contributed by atoms with E-state index < -0.39 is 16.9 Å². The number of hydrogen-bond acceptors (Lipinski definition) is 3. The third-order valence-corrected chi connectivity index (χ3v) is 3.96. The fourth-order valence-corrected chi connectivity index (χ4v) is 2.49. The second kappa shape index (κ2) is 6.87. The molecule has 0 bridgehead atoms. The van der Waals surface area contributed by atoms with Crippen molar-refractivity contribution in [2.75, 3.05) is 13.2 Å². The number of aryl methyl sites for hydroxylation is 1. The first-order valence-electron chi connectivity index (χ1n) is 6.97. The largest absolute Gasteiger partial charge is 0.436 e. The van der Waals surface area contributed by atoms with E-state index in [0.717, 1.165) is 17.5 Å². The van der Waals surface area contributed by atoms with Crippen LogP contribution in [-0.2, 0) is 22.3 Å². The summed E-state index contributed by atoms with van der Waals surface area (Å²) in [5.74, 6) is -0.255. The molecular weight excluding hydrogens is 323 g/mol. The first-order valence-corrected chi connectivity index (χ1v) is 7.35. The maximum atomic E-state index is 12.7. The van der Waals surface area contributed by atoms with Gasteiger partial charge in [-0.3, -0.25) is 9.48 Å². The fourth-order valence-electron chi connectivity index (χ4n) is 2.25. The Hall–Kier alpha value is -1.28. The van der Waals surface area contributed by atoms with Gasteiger partial charge in [-0.1, -0.05) is 11.6 Å². The SMILES string of the molecule is Cc1c(Cl)c(C(F)(F)F)nn1CCC(=O)NCC1CCCO1. The van der Waals surface area contributed by atoms with Crippen molar-refractivity contribution in [2.24, 2.45) is 0 Å². The number of nitrogens with zero attached hydrogens (tertiary/aromatic N) is 2. The molecule has 1 aromatic heterocycles. The Morgan fingerprint density at radius 2 is 2.27 bits per heavy atom. The average Bonchev–Trinajstić information content (AvgIpc) is 3.04. The van der Waals surface area contributed by atoms with E-state index in [1.807, 2.05) is 0 Å². The number of ether oxygens (including phenoxy) is 1. The van der Waals surface area contributed by atoms with Gasteiger partial charge in [-0.25, -0.2) is 0 Å². The molecule has 1 unspecified atom stereocenters. The Morgan fingerprint density at radius 1 is 1.55 bits per heavy atom. The third-order valence-electron chi connectivity index (χ3n) is 3.50. The predicted octanol–water partition coefficient (Wildman–Crippen LogP) is 2.55. The van der Waals surface area contributed by atoms with E-state index in [1.54, 1.807) is 0 Å². The third kappa shape index (κ3) is 4.13. The van der Waals surface area contributed by atoms with Crippen LogP contribution in [-0.4, -0.2) is 34.9 Å². The normalized spacial score (nSPS) is 18.7. The lowest BCUT2D eigenvalue weighted by atomic mass is 10.2. The summed E-state index contributed by atoms with van der Waals surface area (Å²) in [5.41, 5.74) is -0.924. The zero-order valence-electron chi connectivity index (χ0n) is 12.0. The maximum Gasteiger partial charge on any atom is 0.436 e. The summed E-state index contributed by atoms with van der Waals surface area (Å²) in [5, 5.41) is 5.73. The minimum atomic E-state index is -4.60. The van der Waals surface area contributed by atoms with Gasteiger partial charge in [-0.2, -0.15) is 18.3 Å². The smallest absolute Gasteiger partial charge is 0.376 e. The highest BCUT2D eigenvalue weighted by molar-refractivity contribution is 6.31. The molecule has 1 saturated heterocycles. The fraction of sp³-hybridized carbons (Fsp3) is 0.692. The van der Waals surface area contributed by atoms with E-state index in [9.17, 15) is 18.0 Å². The quantitative estimate of drug-likeness (QED) is 0.897. The van der Waals surface area contributed by atoms with Gasteiger partial charge in [-0.05, 0) is 19.8 Å². The second-order valence-electron chi connectivity index (χ2n) is 5.16. The Bertz CT molecular complexity index is 539. The van der Waals surface area contributed by atoms with Gasteiger partial charge in [0, 0.05) is 19.6 Å². The number of halogens is 4. The van der Waals surface area contributed by atoms with Crippen LogP contribution in [0.2, 0.25) is 5.02 Å². The molecule has 0 aromatic carbocycles. The molecule has 9 heteroatoms. The van der Waals surface area contributed by atoms with Crippen LogP contribution < -0.4 is 5.32 Å². The predicted molar refractivity (Wildman–Crippen MR) is 73.6 cm³/mol. The van der Waals surface area contributed by atoms with Crippen LogP contribution in [0.25, 0.3) is 0 Å². The zero-order chi connectivity index (χ0) is 16.3. The lowest BCUT2D eigenvalue weighted by molar-refractivity contribution is -0.141. The monoisotopic (exact) mass is 339 g/mol. The van der Waals surface area contributed by atoms with Gasteiger partial charge in [0.2, 0.25) is 5.91 Å². The van der Waals surface area contributed by atoms with Gasteiger partial charge in [0.05, 0.1) is 23.4 Å². The van der Waals surface area contributed by atoms with Crippen LogP contribution in [0.1, 0.15) is 30.7 Å². The van der Waals surface area contributed by atoms with Crippen molar-refractivity contribution in [1.82, 2.24) is 15.1 Å². The molecule has 1 aliphatic rings. The van der Waals surface area contributed by atoms with Crippen molar-refractivity contribution in [3.63, 3.8) is 0 Å². The summed E-state index contributed by atoms with van der Waals surface area (Å²) >= 11 is 5.64. The molecule has 0 radical (unpaired) electrons. The van der Waals surface area contributed by atoms with Crippen molar-refractivity contribution < 1.29 is 22.7 Å². The molecule has 22 heavy (non-hydrogen) atoms. The molecule has 0 aliphatic carbocycles. The van der Waals surface area contributed by atoms with Crippen molar-refractivity contribution in [3.8, 4) is 0 Å². The number of amides is 1. The first kappa shape index (κ1) is 17.1. The van der Waals surface area contributed by atoms with Crippen molar-refractivity contribution in [2.45, 2.75) is 45.0 Å². The van der Waals surface area contributed by atoms with Crippen LogP contribution in [0.5, 0.6) is 0 Å². The summed E-state index contributed by atoms with van der Waals surface area (Å²) in [7, 11) is 0. The molecule has 1 aliphatic heterocycles. The molecular formula is C13H17ClF3N3O2. The second-order valence-corrected chi connectivity index (χ2v) is 5.54. The highest BCUT2D eigenvalue weighted by Gasteiger charge is 2.38. The molecule has 0 spiro atoms. The van der Waals surface area contributed by atoms with Gasteiger partial charge in [0.15, 0.2) is 5.69 Å². The Balaban J connectivity index is 1.87. The number of hydrogen-bond donors (Lipinski definition) is 1. The van der Waals surface area contributed by atoms with Gasteiger partial charge in [-0.15, -0.1) is 0 Å². The molecule has 2 heterocycles. The van der Waals surface area contributed by atoms with E-state index in [1.165, 1.54) is 6.92 Å². The number of nitrogens with one attached hydrogen (secondary N) is 1. The Kier molecular flexibility index (Phi) is 5.33. The van der Waals surface area contributed by atoms with E-state index >= 15 is 0 Å². The summed E-state index contributed by atoms with van der Waals surface area (Å²) in [6, 6.07) is 0. The summed E-state index contributed by atoms with van der Waals surface area (Å²) in [4.78, 5) is 11.7. The van der Waals surface area contributed by atoms with Crippen molar-refractivity contribution in [3.05, 3.63) is 16.4 Å². The Labute approximate surface area is 130 Å². The lowest BCUT2D eigenvalue weighted by Gasteiger charge is -2.11. The first-order chi connectivity index (χ1) is 10.3. The lowest BCUT2D eigenvalue weighted by Crippen LogP contribution is -2.32. The van der Waals surface area contributed by atoms with Crippen LogP contribution in [0, 0.1) is 6.92 Å². The van der Waals surface area contributed by atoms with Crippen LogP contribution in [0.4, 0.5) is 13.2 Å². The number of aromatic nitrogens is 2. The van der Waals surface area contributed by atoms with E-state index in [4.69, 9.17) is 16.3 Å².